The topological polar surface area (TPSA) is 63.1 Å². The minimum absolute atomic E-state index is 0.0226. The van der Waals surface area contributed by atoms with Gasteiger partial charge in [-0.1, -0.05) is 24.6 Å². The Morgan fingerprint density at radius 2 is 1.96 bits per heavy atom. The molecular formula is C21H21N5O. The molecule has 2 fully saturated rings. The molecule has 136 valence electrons. The number of aromatic nitrogens is 3. The zero-order chi connectivity index (χ0) is 18.2. The fourth-order valence-electron chi connectivity index (χ4n) is 4.14. The van der Waals surface area contributed by atoms with Gasteiger partial charge in [-0.2, -0.15) is 5.10 Å². The second-order valence-electron chi connectivity index (χ2n) is 7.12. The minimum atomic E-state index is -0.143. The van der Waals surface area contributed by atoms with Crippen LogP contribution in [0, 0.1) is 0 Å². The van der Waals surface area contributed by atoms with Crippen LogP contribution in [0.4, 0.5) is 0 Å². The van der Waals surface area contributed by atoms with Crippen molar-refractivity contribution in [1.29, 1.82) is 0 Å². The normalized spacial score (nSPS) is 22.4. The molecule has 5 rings (SSSR count). The highest BCUT2D eigenvalue weighted by atomic mass is 16.2. The standard InChI is InChI=1S/C21H21N5O/c27-21-18-10-4-5-12-25(18)20(23-21)17-14-26(16-8-2-1-3-9-16)24-19(17)15-7-6-11-22-13-15/h1-3,6-9,11,13-14,18,20H,4-5,10,12H2,(H,23,27). The first-order valence-electron chi connectivity index (χ1n) is 9.43. The second-order valence-corrected chi connectivity index (χ2v) is 7.12. The molecule has 0 radical (unpaired) electrons. The number of piperidine rings is 1. The number of pyridine rings is 1. The first-order chi connectivity index (χ1) is 13.3. The molecule has 3 aromatic rings. The van der Waals surface area contributed by atoms with E-state index in [4.69, 9.17) is 5.10 Å². The zero-order valence-electron chi connectivity index (χ0n) is 15.0. The Morgan fingerprint density at radius 3 is 2.78 bits per heavy atom. The molecule has 2 aromatic heterocycles. The van der Waals surface area contributed by atoms with Gasteiger partial charge < -0.3 is 5.32 Å². The molecule has 0 bridgehead atoms. The molecule has 0 spiro atoms. The van der Waals surface area contributed by atoms with Crippen LogP contribution in [-0.2, 0) is 4.79 Å². The molecule has 0 aliphatic carbocycles. The number of hydrogen-bond acceptors (Lipinski definition) is 4. The van der Waals surface area contributed by atoms with Gasteiger partial charge in [0, 0.05) is 36.3 Å². The van der Waals surface area contributed by atoms with Crippen molar-refractivity contribution in [3.63, 3.8) is 0 Å². The number of carbonyl (C=O) groups is 1. The smallest absolute Gasteiger partial charge is 0.238 e. The molecule has 1 N–H and O–H groups in total. The van der Waals surface area contributed by atoms with E-state index in [2.05, 4.69) is 15.2 Å². The van der Waals surface area contributed by atoms with Crippen LogP contribution < -0.4 is 5.32 Å². The van der Waals surface area contributed by atoms with Gasteiger partial charge in [0.25, 0.3) is 0 Å². The maximum absolute atomic E-state index is 12.5. The zero-order valence-corrected chi connectivity index (χ0v) is 15.0. The van der Waals surface area contributed by atoms with Gasteiger partial charge in [0.1, 0.15) is 11.9 Å². The summed E-state index contributed by atoms with van der Waals surface area (Å²) in [6.45, 7) is 0.928. The Kier molecular flexibility index (Phi) is 3.98. The van der Waals surface area contributed by atoms with Gasteiger partial charge in [-0.05, 0) is 37.1 Å². The van der Waals surface area contributed by atoms with Crippen LogP contribution in [0.5, 0.6) is 0 Å². The lowest BCUT2D eigenvalue weighted by atomic mass is 10.0. The number of para-hydroxylation sites is 1. The number of carbonyl (C=O) groups excluding carboxylic acids is 1. The van der Waals surface area contributed by atoms with Gasteiger partial charge in [0.05, 0.1) is 11.7 Å². The summed E-state index contributed by atoms with van der Waals surface area (Å²) in [6.07, 6.45) is 8.64. The quantitative estimate of drug-likeness (QED) is 0.781. The molecule has 1 aromatic carbocycles. The summed E-state index contributed by atoms with van der Waals surface area (Å²) in [5.74, 6) is 0.129. The average molecular weight is 359 g/mol. The average Bonchev–Trinajstić information content (AvgIpc) is 3.31. The molecule has 2 saturated heterocycles. The lowest BCUT2D eigenvalue weighted by Crippen LogP contribution is -2.38. The van der Waals surface area contributed by atoms with Gasteiger partial charge >= 0.3 is 0 Å². The van der Waals surface area contributed by atoms with Crippen LogP contribution in [0.3, 0.4) is 0 Å². The van der Waals surface area contributed by atoms with E-state index in [1.165, 1.54) is 0 Å². The molecule has 0 saturated carbocycles. The fraction of sp³-hybridized carbons (Fsp3) is 0.286. The van der Waals surface area contributed by atoms with Gasteiger partial charge in [0.2, 0.25) is 5.91 Å². The molecule has 1 amide bonds. The Balaban J connectivity index is 1.62. The minimum Gasteiger partial charge on any atom is -0.335 e. The number of nitrogens with one attached hydrogen (secondary N) is 1. The number of fused-ring (bicyclic) bond motifs is 1. The summed E-state index contributed by atoms with van der Waals surface area (Å²) in [5, 5.41) is 8.06. The second kappa shape index (κ2) is 6.63. The van der Waals surface area contributed by atoms with Crippen molar-refractivity contribution in [1.82, 2.24) is 25.0 Å². The maximum atomic E-state index is 12.5. The molecule has 2 atom stereocenters. The summed E-state index contributed by atoms with van der Waals surface area (Å²) in [5.41, 5.74) is 3.83. The lowest BCUT2D eigenvalue weighted by molar-refractivity contribution is -0.122. The van der Waals surface area contributed by atoms with Crippen LogP contribution >= 0.6 is 0 Å². The van der Waals surface area contributed by atoms with Gasteiger partial charge in [0.15, 0.2) is 0 Å². The van der Waals surface area contributed by atoms with E-state index < -0.39 is 0 Å². The Bertz CT molecular complexity index is 953. The first kappa shape index (κ1) is 16.2. The predicted octanol–water partition coefficient (Wildman–Crippen LogP) is 2.92. The van der Waals surface area contributed by atoms with E-state index in [1.807, 2.05) is 59.5 Å². The van der Waals surface area contributed by atoms with E-state index in [-0.39, 0.29) is 18.1 Å². The van der Waals surface area contributed by atoms with Gasteiger partial charge in [-0.15, -0.1) is 0 Å². The SMILES string of the molecule is O=C1NC(c2cn(-c3ccccc3)nc2-c2cccnc2)N2CCCCC12. The van der Waals surface area contributed by atoms with E-state index in [0.717, 1.165) is 48.3 Å². The van der Waals surface area contributed by atoms with Crippen molar-refractivity contribution >= 4 is 5.91 Å². The van der Waals surface area contributed by atoms with E-state index >= 15 is 0 Å². The van der Waals surface area contributed by atoms with Crippen molar-refractivity contribution in [3.05, 3.63) is 66.6 Å². The molecule has 2 aliphatic rings. The van der Waals surface area contributed by atoms with Crippen LogP contribution in [0.1, 0.15) is 31.0 Å². The molecule has 6 nitrogen and oxygen atoms in total. The molecule has 2 aliphatic heterocycles. The largest absolute Gasteiger partial charge is 0.335 e. The fourth-order valence-corrected chi connectivity index (χ4v) is 4.14. The highest BCUT2D eigenvalue weighted by Crippen LogP contribution is 2.36. The number of nitrogens with zero attached hydrogens (tertiary/aromatic N) is 4. The van der Waals surface area contributed by atoms with Gasteiger partial charge in [-0.3, -0.25) is 14.7 Å². The number of hydrogen-bond donors (Lipinski definition) is 1. The van der Waals surface area contributed by atoms with E-state index in [1.54, 1.807) is 6.20 Å². The van der Waals surface area contributed by atoms with E-state index in [9.17, 15) is 4.79 Å². The lowest BCUT2D eigenvalue weighted by Gasteiger charge is -2.31. The van der Waals surface area contributed by atoms with Crippen LogP contribution in [0.25, 0.3) is 16.9 Å². The Hall–Kier alpha value is -2.99. The molecule has 4 heterocycles. The third-order valence-electron chi connectivity index (χ3n) is 5.45. The van der Waals surface area contributed by atoms with E-state index in [0.29, 0.717) is 0 Å². The number of amides is 1. The van der Waals surface area contributed by atoms with Crippen molar-refractivity contribution in [3.8, 4) is 16.9 Å². The summed E-state index contributed by atoms with van der Waals surface area (Å²) < 4.78 is 1.89. The highest BCUT2D eigenvalue weighted by Gasteiger charge is 2.43. The van der Waals surface area contributed by atoms with Crippen molar-refractivity contribution in [2.45, 2.75) is 31.5 Å². The predicted molar refractivity (Wildman–Crippen MR) is 102 cm³/mol. The monoisotopic (exact) mass is 359 g/mol. The van der Waals surface area contributed by atoms with Crippen molar-refractivity contribution < 1.29 is 4.79 Å². The Labute approximate surface area is 157 Å². The number of benzene rings is 1. The molecule has 27 heavy (non-hydrogen) atoms. The first-order valence-corrected chi connectivity index (χ1v) is 9.43. The number of rotatable bonds is 3. The van der Waals surface area contributed by atoms with Crippen LogP contribution in [0.2, 0.25) is 0 Å². The highest BCUT2D eigenvalue weighted by molar-refractivity contribution is 5.85. The summed E-state index contributed by atoms with van der Waals surface area (Å²) in [7, 11) is 0. The third kappa shape index (κ3) is 2.82. The summed E-state index contributed by atoms with van der Waals surface area (Å²) in [4.78, 5) is 19.1. The van der Waals surface area contributed by atoms with Gasteiger partial charge in [-0.25, -0.2) is 4.68 Å². The van der Waals surface area contributed by atoms with Crippen molar-refractivity contribution in [2.75, 3.05) is 6.54 Å². The molecular weight excluding hydrogens is 338 g/mol. The summed E-state index contributed by atoms with van der Waals surface area (Å²) >= 11 is 0. The van der Waals surface area contributed by atoms with Crippen LogP contribution in [-0.4, -0.2) is 38.2 Å². The Morgan fingerprint density at radius 1 is 1.07 bits per heavy atom. The van der Waals surface area contributed by atoms with Crippen LogP contribution in [0.15, 0.2) is 61.1 Å². The maximum Gasteiger partial charge on any atom is 0.238 e. The summed E-state index contributed by atoms with van der Waals surface area (Å²) in [6, 6.07) is 13.9. The third-order valence-corrected chi connectivity index (χ3v) is 5.45. The molecule has 2 unspecified atom stereocenters. The van der Waals surface area contributed by atoms with Crippen molar-refractivity contribution in [2.24, 2.45) is 0 Å². The molecule has 6 heteroatoms.